The third kappa shape index (κ3) is 4.14. The Morgan fingerprint density at radius 1 is 0.943 bits per heavy atom. The van der Waals surface area contributed by atoms with Crippen LogP contribution >= 0.6 is 0 Å². The Balaban J connectivity index is 1.43. The van der Waals surface area contributed by atoms with Gasteiger partial charge in [0.2, 0.25) is 5.91 Å². The average molecular weight is 471 g/mol. The highest BCUT2D eigenvalue weighted by Gasteiger charge is 2.45. The first-order chi connectivity index (χ1) is 17.0. The molecule has 1 N–H and O–H groups in total. The van der Waals surface area contributed by atoms with Crippen molar-refractivity contribution in [1.82, 2.24) is 10.2 Å². The number of fused-ring (bicyclic) bond motifs is 3. The molecule has 2 aliphatic rings. The van der Waals surface area contributed by atoms with Crippen molar-refractivity contribution in [2.75, 3.05) is 20.3 Å². The summed E-state index contributed by atoms with van der Waals surface area (Å²) in [6, 6.07) is 24.1. The van der Waals surface area contributed by atoms with E-state index in [0.29, 0.717) is 13.0 Å². The van der Waals surface area contributed by atoms with Crippen molar-refractivity contribution in [3.63, 3.8) is 0 Å². The summed E-state index contributed by atoms with van der Waals surface area (Å²) in [6.07, 6.45) is 1.93. The van der Waals surface area contributed by atoms with Crippen LogP contribution in [0.1, 0.15) is 48.8 Å². The van der Waals surface area contributed by atoms with Gasteiger partial charge in [0.15, 0.2) is 0 Å². The SMILES string of the molecule is COc1ccc(C2(NC(C)=O)CCCCN2C(=O)OCC2c3ccccc3-c3ccccc32)cc1. The van der Waals surface area contributed by atoms with E-state index < -0.39 is 11.8 Å². The van der Waals surface area contributed by atoms with E-state index in [1.165, 1.54) is 29.2 Å². The molecule has 5 rings (SSSR count). The van der Waals surface area contributed by atoms with Crippen LogP contribution < -0.4 is 10.1 Å². The van der Waals surface area contributed by atoms with Gasteiger partial charge in [-0.2, -0.15) is 0 Å². The van der Waals surface area contributed by atoms with E-state index in [9.17, 15) is 9.59 Å². The van der Waals surface area contributed by atoms with Crippen LogP contribution in [0.25, 0.3) is 11.1 Å². The molecule has 0 saturated carbocycles. The fraction of sp³-hybridized carbons (Fsp3) is 0.310. The highest BCUT2D eigenvalue weighted by molar-refractivity contribution is 5.79. The Labute approximate surface area is 205 Å². The van der Waals surface area contributed by atoms with Crippen LogP contribution in [0, 0.1) is 0 Å². The van der Waals surface area contributed by atoms with Gasteiger partial charge in [-0.15, -0.1) is 0 Å². The number of likely N-dealkylation sites (tertiary alicyclic amines) is 1. The summed E-state index contributed by atoms with van der Waals surface area (Å²) in [6.45, 7) is 2.22. The van der Waals surface area contributed by atoms with Gasteiger partial charge < -0.3 is 14.8 Å². The zero-order chi connectivity index (χ0) is 24.4. The number of amides is 2. The first-order valence-corrected chi connectivity index (χ1v) is 12.1. The Morgan fingerprint density at radius 2 is 1.57 bits per heavy atom. The van der Waals surface area contributed by atoms with Crippen LogP contribution in [-0.2, 0) is 15.2 Å². The lowest BCUT2D eigenvalue weighted by molar-refractivity contribution is -0.124. The molecule has 6 nitrogen and oxygen atoms in total. The van der Waals surface area contributed by atoms with Crippen LogP contribution in [0.4, 0.5) is 4.79 Å². The quantitative estimate of drug-likeness (QED) is 0.541. The molecule has 0 aromatic heterocycles. The molecule has 1 heterocycles. The Hall–Kier alpha value is -3.80. The number of nitrogens with one attached hydrogen (secondary N) is 1. The van der Waals surface area contributed by atoms with Crippen molar-refractivity contribution in [3.05, 3.63) is 89.5 Å². The second kappa shape index (κ2) is 9.45. The highest BCUT2D eigenvalue weighted by atomic mass is 16.6. The van der Waals surface area contributed by atoms with Crippen molar-refractivity contribution in [2.24, 2.45) is 0 Å². The second-order valence-corrected chi connectivity index (χ2v) is 9.18. The number of piperidine rings is 1. The van der Waals surface area contributed by atoms with E-state index in [0.717, 1.165) is 24.2 Å². The van der Waals surface area contributed by atoms with Crippen LogP contribution in [0.3, 0.4) is 0 Å². The number of carbonyl (C=O) groups excluding carboxylic acids is 2. The summed E-state index contributed by atoms with van der Waals surface area (Å²) in [5.41, 5.74) is 4.59. The zero-order valence-electron chi connectivity index (χ0n) is 20.1. The molecule has 180 valence electrons. The fourth-order valence-electron chi connectivity index (χ4n) is 5.56. The van der Waals surface area contributed by atoms with E-state index in [4.69, 9.17) is 9.47 Å². The molecule has 0 spiro atoms. The third-order valence-corrected chi connectivity index (χ3v) is 7.14. The number of rotatable bonds is 5. The van der Waals surface area contributed by atoms with Gasteiger partial charge in [0.25, 0.3) is 0 Å². The molecule has 3 aromatic carbocycles. The molecule has 1 atom stereocenters. The molecule has 2 amide bonds. The van der Waals surface area contributed by atoms with Crippen molar-refractivity contribution < 1.29 is 19.1 Å². The summed E-state index contributed by atoms with van der Waals surface area (Å²) < 4.78 is 11.3. The molecule has 6 heteroatoms. The molecule has 1 fully saturated rings. The molecular formula is C29H30N2O4. The number of hydrogen-bond donors (Lipinski definition) is 1. The van der Waals surface area contributed by atoms with Crippen molar-refractivity contribution >= 4 is 12.0 Å². The summed E-state index contributed by atoms with van der Waals surface area (Å²) in [5.74, 6) is 0.502. The predicted octanol–water partition coefficient (Wildman–Crippen LogP) is 5.42. The second-order valence-electron chi connectivity index (χ2n) is 9.18. The topological polar surface area (TPSA) is 67.9 Å². The Bertz CT molecular complexity index is 1190. The summed E-state index contributed by atoms with van der Waals surface area (Å²) in [7, 11) is 1.61. The molecule has 3 aromatic rings. The monoisotopic (exact) mass is 470 g/mol. The van der Waals surface area contributed by atoms with Crippen LogP contribution in [0.2, 0.25) is 0 Å². The molecule has 1 unspecified atom stereocenters. The number of methoxy groups -OCH3 is 1. The minimum Gasteiger partial charge on any atom is -0.497 e. The molecule has 1 saturated heterocycles. The summed E-state index contributed by atoms with van der Waals surface area (Å²) in [4.78, 5) is 27.6. The molecular weight excluding hydrogens is 440 g/mol. The minimum atomic E-state index is -0.959. The molecule has 0 radical (unpaired) electrons. The number of ether oxygens (including phenoxy) is 2. The van der Waals surface area contributed by atoms with Gasteiger partial charge in [0, 0.05) is 19.4 Å². The first-order valence-electron chi connectivity index (χ1n) is 12.1. The van der Waals surface area contributed by atoms with Gasteiger partial charge in [-0.1, -0.05) is 60.7 Å². The maximum Gasteiger partial charge on any atom is 0.411 e. The number of hydrogen-bond acceptors (Lipinski definition) is 4. The van der Waals surface area contributed by atoms with E-state index in [1.807, 2.05) is 48.5 Å². The largest absolute Gasteiger partial charge is 0.497 e. The van der Waals surface area contributed by atoms with Crippen LogP contribution in [-0.4, -0.2) is 37.2 Å². The lowest BCUT2D eigenvalue weighted by Crippen LogP contribution is -2.61. The Kier molecular flexibility index (Phi) is 6.20. The normalized spacial score (nSPS) is 19.0. The van der Waals surface area contributed by atoms with E-state index >= 15 is 0 Å². The third-order valence-electron chi connectivity index (χ3n) is 7.14. The number of nitrogens with zero attached hydrogens (tertiary/aromatic N) is 1. The van der Waals surface area contributed by atoms with E-state index in [1.54, 1.807) is 12.0 Å². The molecule has 35 heavy (non-hydrogen) atoms. The van der Waals surface area contributed by atoms with Crippen molar-refractivity contribution in [2.45, 2.75) is 37.8 Å². The molecule has 1 aliphatic carbocycles. The van der Waals surface area contributed by atoms with Gasteiger partial charge in [-0.3, -0.25) is 9.69 Å². The van der Waals surface area contributed by atoms with E-state index in [-0.39, 0.29) is 18.4 Å². The van der Waals surface area contributed by atoms with Crippen molar-refractivity contribution in [3.8, 4) is 16.9 Å². The van der Waals surface area contributed by atoms with Gasteiger partial charge in [0.05, 0.1) is 7.11 Å². The standard InChI is InChI=1S/C29H30N2O4/c1-20(32)30-29(21-13-15-22(34-2)16-14-21)17-7-8-18-31(29)28(33)35-19-27-25-11-5-3-9-23(25)24-10-4-6-12-26(24)27/h3-6,9-16,27H,7-8,17-19H2,1-2H3,(H,30,32). The highest BCUT2D eigenvalue weighted by Crippen LogP contribution is 2.45. The first kappa shape index (κ1) is 23.0. The Morgan fingerprint density at radius 3 is 2.17 bits per heavy atom. The van der Waals surface area contributed by atoms with Gasteiger partial charge in [-0.25, -0.2) is 4.79 Å². The predicted molar refractivity (Wildman–Crippen MR) is 134 cm³/mol. The lowest BCUT2D eigenvalue weighted by Gasteiger charge is -2.47. The zero-order valence-corrected chi connectivity index (χ0v) is 20.1. The van der Waals surface area contributed by atoms with E-state index in [2.05, 4.69) is 29.6 Å². The fourth-order valence-corrected chi connectivity index (χ4v) is 5.56. The summed E-state index contributed by atoms with van der Waals surface area (Å²) >= 11 is 0. The van der Waals surface area contributed by atoms with Crippen LogP contribution in [0.5, 0.6) is 5.75 Å². The average Bonchev–Trinajstić information content (AvgIpc) is 3.21. The lowest BCUT2D eigenvalue weighted by atomic mass is 9.88. The maximum atomic E-state index is 13.6. The smallest absolute Gasteiger partial charge is 0.411 e. The minimum absolute atomic E-state index is 0.0210. The van der Waals surface area contributed by atoms with Crippen LogP contribution in [0.15, 0.2) is 72.8 Å². The van der Waals surface area contributed by atoms with Gasteiger partial charge in [0.1, 0.15) is 18.0 Å². The molecule has 0 bridgehead atoms. The number of benzene rings is 3. The summed E-state index contributed by atoms with van der Waals surface area (Å²) in [5, 5.41) is 3.08. The van der Waals surface area contributed by atoms with Gasteiger partial charge >= 0.3 is 6.09 Å². The van der Waals surface area contributed by atoms with Crippen molar-refractivity contribution in [1.29, 1.82) is 0 Å². The van der Waals surface area contributed by atoms with Gasteiger partial charge in [-0.05, 0) is 59.2 Å². The molecule has 1 aliphatic heterocycles. The number of carbonyl (C=O) groups is 2. The maximum absolute atomic E-state index is 13.6.